The van der Waals surface area contributed by atoms with Crippen molar-refractivity contribution in [2.75, 3.05) is 12.9 Å². The number of rotatable bonds is 13. The minimum atomic E-state index is -0.716. The van der Waals surface area contributed by atoms with E-state index in [1.54, 1.807) is 37.3 Å². The Morgan fingerprint density at radius 3 is 2.20 bits per heavy atom. The lowest BCUT2D eigenvalue weighted by Gasteiger charge is -2.28. The van der Waals surface area contributed by atoms with Gasteiger partial charge in [-0.25, -0.2) is 0 Å². The van der Waals surface area contributed by atoms with Crippen LogP contribution < -0.4 is 14.8 Å². The predicted octanol–water partition coefficient (Wildman–Crippen LogP) is 8.27. The molecule has 0 bridgehead atoms. The number of nitrogens with zero attached hydrogens (tertiary/aromatic N) is 2. The minimum absolute atomic E-state index is 0.0897. The Kier molecular flexibility index (Phi) is 13.2. The maximum absolute atomic E-state index is 14.2. The number of carbonyl (C=O) groups excluding carboxylic acids is 3. The van der Waals surface area contributed by atoms with Crippen molar-refractivity contribution in [3.05, 3.63) is 171 Å². The fourth-order valence-electron chi connectivity index (χ4n) is 5.25. The van der Waals surface area contributed by atoms with Gasteiger partial charge in [-0.2, -0.15) is 4.99 Å². The van der Waals surface area contributed by atoms with E-state index < -0.39 is 11.8 Å². The Labute approximate surface area is 315 Å². The van der Waals surface area contributed by atoms with Gasteiger partial charge in [0.1, 0.15) is 12.2 Å². The zero-order valence-electron chi connectivity index (χ0n) is 28.1. The van der Waals surface area contributed by atoms with Crippen LogP contribution in [0.15, 0.2) is 150 Å². The van der Waals surface area contributed by atoms with Gasteiger partial charge in [-0.1, -0.05) is 128 Å². The van der Waals surface area contributed by atoms with Crippen molar-refractivity contribution >= 4 is 63.3 Å². The SMILES string of the molecule is C=C/C=C\C(=C/C)N1C(=O)/C(=C/c2cc(I)c(OCc3ccccc3)c(OC)c2)C(=O)N=C1SCC(=O)NC(c1ccccc1)c1ccccc1. The summed E-state index contributed by atoms with van der Waals surface area (Å²) < 4.78 is 12.5. The highest BCUT2D eigenvalue weighted by molar-refractivity contribution is 14.1. The second kappa shape index (κ2) is 18.2. The number of benzene rings is 4. The fourth-order valence-corrected chi connectivity index (χ4v) is 6.84. The molecule has 0 atom stereocenters. The number of amidine groups is 1. The summed E-state index contributed by atoms with van der Waals surface area (Å²) in [6.07, 6.45) is 8.19. The number of methoxy groups -OCH3 is 1. The smallest absolute Gasteiger partial charge is 0.285 e. The molecule has 0 radical (unpaired) electrons. The Balaban J connectivity index is 1.41. The highest BCUT2D eigenvalue weighted by Crippen LogP contribution is 2.36. The van der Waals surface area contributed by atoms with Crippen LogP contribution in [0.1, 0.15) is 35.2 Å². The molecule has 0 aliphatic carbocycles. The maximum Gasteiger partial charge on any atom is 0.285 e. The molecule has 0 aromatic heterocycles. The van der Waals surface area contributed by atoms with Crippen LogP contribution in [0.25, 0.3) is 6.08 Å². The Hall–Kier alpha value is -5.20. The molecule has 10 heteroatoms. The number of aliphatic imine (C=N–C) groups is 1. The third kappa shape index (κ3) is 9.53. The molecule has 258 valence electrons. The lowest BCUT2D eigenvalue weighted by molar-refractivity contribution is -0.126. The van der Waals surface area contributed by atoms with Gasteiger partial charge in [-0.15, -0.1) is 0 Å². The van der Waals surface area contributed by atoms with Crippen molar-refractivity contribution in [2.45, 2.75) is 19.6 Å². The van der Waals surface area contributed by atoms with Gasteiger partial charge in [0, 0.05) is 5.70 Å². The molecule has 1 N–H and O–H groups in total. The predicted molar refractivity (Wildman–Crippen MR) is 212 cm³/mol. The first-order valence-corrected chi connectivity index (χ1v) is 18.1. The van der Waals surface area contributed by atoms with E-state index in [2.05, 4.69) is 39.5 Å². The largest absolute Gasteiger partial charge is 0.493 e. The summed E-state index contributed by atoms with van der Waals surface area (Å²) in [4.78, 5) is 46.8. The highest BCUT2D eigenvalue weighted by atomic mass is 127. The number of halogens is 1. The molecule has 51 heavy (non-hydrogen) atoms. The normalized spacial score (nSPS) is 14.2. The second-order valence-corrected chi connectivity index (χ2v) is 13.2. The van der Waals surface area contributed by atoms with E-state index in [-0.39, 0.29) is 28.4 Å². The number of amides is 3. The molecule has 0 unspecified atom stereocenters. The van der Waals surface area contributed by atoms with E-state index >= 15 is 0 Å². The molecule has 1 aliphatic rings. The lowest BCUT2D eigenvalue weighted by Crippen LogP contribution is -2.42. The van der Waals surface area contributed by atoms with Gasteiger partial charge in [0.05, 0.1) is 22.5 Å². The van der Waals surface area contributed by atoms with Crippen LogP contribution in [0.3, 0.4) is 0 Å². The first kappa shape index (κ1) is 37.1. The Bertz CT molecular complexity index is 1970. The Morgan fingerprint density at radius 1 is 0.980 bits per heavy atom. The van der Waals surface area contributed by atoms with Gasteiger partial charge in [-0.3, -0.25) is 19.3 Å². The van der Waals surface area contributed by atoms with Crippen molar-refractivity contribution < 1.29 is 23.9 Å². The molecule has 8 nitrogen and oxygen atoms in total. The van der Waals surface area contributed by atoms with Crippen LogP contribution in [-0.4, -0.2) is 40.7 Å². The summed E-state index contributed by atoms with van der Waals surface area (Å²) in [6, 6.07) is 32.2. The van der Waals surface area contributed by atoms with E-state index in [4.69, 9.17) is 9.47 Å². The highest BCUT2D eigenvalue weighted by Gasteiger charge is 2.35. The third-order valence-corrected chi connectivity index (χ3v) is 9.44. The van der Waals surface area contributed by atoms with Gasteiger partial charge in [0.2, 0.25) is 5.91 Å². The zero-order valence-corrected chi connectivity index (χ0v) is 31.1. The minimum Gasteiger partial charge on any atom is -0.493 e. The molecule has 0 saturated heterocycles. The lowest BCUT2D eigenvalue weighted by atomic mass is 9.99. The number of nitrogens with one attached hydrogen (secondary N) is 1. The van der Waals surface area contributed by atoms with E-state index in [9.17, 15) is 14.4 Å². The van der Waals surface area contributed by atoms with Crippen molar-refractivity contribution in [2.24, 2.45) is 4.99 Å². The van der Waals surface area contributed by atoms with Gasteiger partial charge in [0.15, 0.2) is 16.7 Å². The first-order valence-electron chi connectivity index (χ1n) is 16.0. The standard InChI is InChI=1S/C41H36IN3O5S/c1-4-6-22-32(5-2)45-40(48)33(23-29-24-34(42)38(35(25-29)49-3)50-26-28-16-10-7-11-17-28)39(47)44-41(45)51-27-36(46)43-37(30-18-12-8-13-19-30)31-20-14-9-15-21-31/h4-25,37H,1,26-27H2,2-3H3,(H,43,46)/b22-6-,32-5+,33-23+. The summed E-state index contributed by atoms with van der Waals surface area (Å²) in [5.74, 6) is -0.671. The number of hydrogen-bond acceptors (Lipinski definition) is 6. The van der Waals surface area contributed by atoms with Crippen LogP contribution in [0.2, 0.25) is 0 Å². The van der Waals surface area contributed by atoms with Gasteiger partial charge in [0.25, 0.3) is 11.8 Å². The molecule has 0 spiro atoms. The zero-order chi connectivity index (χ0) is 36.2. The molecular weight excluding hydrogens is 773 g/mol. The fraction of sp³-hybridized carbons (Fsp3) is 0.122. The number of hydrogen-bond donors (Lipinski definition) is 1. The average molecular weight is 810 g/mol. The molecule has 0 fully saturated rings. The maximum atomic E-state index is 14.2. The van der Waals surface area contributed by atoms with Gasteiger partial charge >= 0.3 is 0 Å². The molecule has 3 amide bonds. The number of ether oxygens (including phenoxy) is 2. The molecule has 1 heterocycles. The van der Waals surface area contributed by atoms with Crippen LogP contribution in [-0.2, 0) is 21.0 Å². The third-order valence-electron chi connectivity index (χ3n) is 7.70. The van der Waals surface area contributed by atoms with Crippen LogP contribution in [0.5, 0.6) is 11.5 Å². The quantitative estimate of drug-likeness (QED) is 0.0633. The molecule has 4 aromatic rings. The first-order chi connectivity index (χ1) is 24.8. The van der Waals surface area contributed by atoms with Crippen LogP contribution in [0.4, 0.5) is 0 Å². The summed E-state index contributed by atoms with van der Waals surface area (Å²) in [5, 5.41) is 3.19. The van der Waals surface area contributed by atoms with Gasteiger partial charge in [-0.05, 0) is 76.1 Å². The van der Waals surface area contributed by atoms with E-state index in [1.165, 1.54) is 18.1 Å². The van der Waals surface area contributed by atoms with Gasteiger partial charge < -0.3 is 14.8 Å². The molecular formula is C41H36IN3O5S. The van der Waals surface area contributed by atoms with Crippen molar-refractivity contribution in [1.29, 1.82) is 0 Å². The number of thioether (sulfide) groups is 1. The van der Waals surface area contributed by atoms with Crippen molar-refractivity contribution in [3.63, 3.8) is 0 Å². The number of allylic oxidation sites excluding steroid dienone is 4. The van der Waals surface area contributed by atoms with Crippen LogP contribution >= 0.6 is 34.4 Å². The van der Waals surface area contributed by atoms with Crippen molar-refractivity contribution in [1.82, 2.24) is 10.2 Å². The van der Waals surface area contributed by atoms with Crippen molar-refractivity contribution in [3.8, 4) is 11.5 Å². The summed E-state index contributed by atoms with van der Waals surface area (Å²) >= 11 is 3.15. The summed E-state index contributed by atoms with van der Waals surface area (Å²) in [7, 11) is 1.53. The average Bonchev–Trinajstić information content (AvgIpc) is 3.16. The second-order valence-electron chi connectivity index (χ2n) is 11.1. The Morgan fingerprint density at radius 2 is 1.61 bits per heavy atom. The number of carbonyl (C=O) groups is 3. The molecule has 1 aliphatic heterocycles. The van der Waals surface area contributed by atoms with E-state index in [0.717, 1.165) is 32.0 Å². The molecule has 4 aromatic carbocycles. The molecule has 0 saturated carbocycles. The topological polar surface area (TPSA) is 97.3 Å². The van der Waals surface area contributed by atoms with Crippen LogP contribution in [0, 0.1) is 3.57 Å². The monoisotopic (exact) mass is 809 g/mol. The summed E-state index contributed by atoms with van der Waals surface area (Å²) in [6.45, 7) is 5.86. The van der Waals surface area contributed by atoms with E-state index in [1.807, 2.05) is 97.1 Å². The molecule has 5 rings (SSSR count). The summed E-state index contributed by atoms with van der Waals surface area (Å²) in [5.41, 5.74) is 3.73. The van der Waals surface area contributed by atoms with E-state index in [0.29, 0.717) is 29.4 Å².